The molecule has 0 aliphatic carbocycles. The van der Waals surface area contributed by atoms with Gasteiger partial charge < -0.3 is 10.1 Å². The second-order valence-corrected chi connectivity index (χ2v) is 7.49. The molecule has 2 rings (SSSR count). The first-order chi connectivity index (χ1) is 11.9. The first-order valence-electron chi connectivity index (χ1n) is 7.52. The highest BCUT2D eigenvalue weighted by Gasteiger charge is 2.17. The summed E-state index contributed by atoms with van der Waals surface area (Å²) in [6, 6.07) is 13.0. The summed E-state index contributed by atoms with van der Waals surface area (Å²) in [5, 5.41) is 2.18. The van der Waals surface area contributed by atoms with Gasteiger partial charge in [-0.15, -0.1) is 11.8 Å². The fourth-order valence-corrected chi connectivity index (χ4v) is 2.79. The number of carbonyl (C=O) groups is 2. The van der Waals surface area contributed by atoms with Gasteiger partial charge in [0.25, 0.3) is 0 Å². The van der Waals surface area contributed by atoms with E-state index >= 15 is 0 Å². The molecule has 7 heteroatoms. The van der Waals surface area contributed by atoms with Gasteiger partial charge in [-0.3, -0.25) is 9.59 Å². The fourth-order valence-electron chi connectivity index (χ4n) is 1.85. The lowest BCUT2D eigenvalue weighted by atomic mass is 10.2. The number of amides is 1. The van der Waals surface area contributed by atoms with E-state index in [1.54, 1.807) is 6.92 Å². The van der Waals surface area contributed by atoms with E-state index in [1.165, 1.54) is 36.0 Å². The summed E-state index contributed by atoms with van der Waals surface area (Å²) in [5.74, 6) is -0.896. The van der Waals surface area contributed by atoms with Crippen molar-refractivity contribution in [2.75, 3.05) is 11.1 Å². The highest BCUT2D eigenvalue weighted by molar-refractivity contribution is 9.10. The van der Waals surface area contributed by atoms with Gasteiger partial charge in [-0.05, 0) is 48.9 Å². The summed E-state index contributed by atoms with van der Waals surface area (Å²) in [7, 11) is 0. The Morgan fingerprint density at radius 2 is 1.80 bits per heavy atom. The van der Waals surface area contributed by atoms with Crippen molar-refractivity contribution in [2.45, 2.75) is 18.8 Å². The number of halogens is 2. The minimum Gasteiger partial charge on any atom is -0.460 e. The Bertz CT molecular complexity index is 722. The summed E-state index contributed by atoms with van der Waals surface area (Å²) >= 11 is 4.53. The number of anilines is 1. The Morgan fingerprint density at radius 1 is 1.16 bits per heavy atom. The van der Waals surface area contributed by atoms with Gasteiger partial charge in [0.2, 0.25) is 5.91 Å². The molecule has 1 atom stereocenters. The van der Waals surface area contributed by atoms with Crippen molar-refractivity contribution in [3.63, 3.8) is 0 Å². The molecule has 0 radical (unpaired) electrons. The lowest BCUT2D eigenvalue weighted by Crippen LogP contribution is -2.21. The number of nitrogens with one attached hydrogen (secondary N) is 1. The third-order valence-corrected chi connectivity index (χ3v) is 4.87. The molecule has 2 aromatic rings. The standard InChI is InChI=1S/C18H17BrFNO3S/c1-12(18(23)24-10-13-2-4-14(19)5-3-13)25-11-17(22)21-16-8-6-15(20)7-9-16/h2-9,12H,10-11H2,1H3,(H,21,22). The van der Waals surface area contributed by atoms with Crippen LogP contribution >= 0.6 is 27.7 Å². The number of hydrogen-bond acceptors (Lipinski definition) is 4. The Kier molecular flexibility index (Phi) is 7.46. The molecular weight excluding hydrogens is 409 g/mol. The Balaban J connectivity index is 1.72. The van der Waals surface area contributed by atoms with Crippen molar-refractivity contribution in [2.24, 2.45) is 0 Å². The summed E-state index contributed by atoms with van der Waals surface area (Å²) in [4.78, 5) is 23.8. The molecule has 0 aliphatic heterocycles. The highest BCUT2D eigenvalue weighted by Crippen LogP contribution is 2.16. The lowest BCUT2D eigenvalue weighted by Gasteiger charge is -2.11. The zero-order chi connectivity index (χ0) is 18.2. The smallest absolute Gasteiger partial charge is 0.319 e. The maximum atomic E-state index is 12.8. The van der Waals surface area contributed by atoms with E-state index < -0.39 is 5.25 Å². The van der Waals surface area contributed by atoms with Gasteiger partial charge >= 0.3 is 5.97 Å². The van der Waals surface area contributed by atoms with Crippen LogP contribution < -0.4 is 5.32 Å². The molecule has 0 aliphatic rings. The number of ether oxygens (including phenoxy) is 1. The molecule has 0 fully saturated rings. The first-order valence-corrected chi connectivity index (χ1v) is 9.36. The fraction of sp³-hybridized carbons (Fsp3) is 0.222. The van der Waals surface area contributed by atoms with Crippen LogP contribution in [-0.2, 0) is 20.9 Å². The Morgan fingerprint density at radius 3 is 2.44 bits per heavy atom. The van der Waals surface area contributed by atoms with Gasteiger partial charge in [0, 0.05) is 10.2 Å². The molecule has 25 heavy (non-hydrogen) atoms. The van der Waals surface area contributed by atoms with Crippen molar-refractivity contribution in [1.82, 2.24) is 0 Å². The molecule has 0 saturated heterocycles. The average molecular weight is 426 g/mol. The third kappa shape index (κ3) is 6.88. The van der Waals surface area contributed by atoms with Crippen LogP contribution in [0.2, 0.25) is 0 Å². The number of benzene rings is 2. The summed E-state index contributed by atoms with van der Waals surface area (Å²) in [6.07, 6.45) is 0. The zero-order valence-electron chi connectivity index (χ0n) is 13.5. The van der Waals surface area contributed by atoms with Crippen molar-refractivity contribution >= 4 is 45.3 Å². The molecule has 0 heterocycles. The quantitative estimate of drug-likeness (QED) is 0.668. The van der Waals surface area contributed by atoms with Crippen LogP contribution in [0.5, 0.6) is 0 Å². The Hall–Kier alpha value is -1.86. The minimum absolute atomic E-state index is 0.103. The van der Waals surface area contributed by atoms with Crippen molar-refractivity contribution in [1.29, 1.82) is 0 Å². The zero-order valence-corrected chi connectivity index (χ0v) is 15.9. The Labute approximate surface area is 158 Å². The van der Waals surface area contributed by atoms with E-state index in [-0.39, 0.29) is 30.1 Å². The molecule has 0 bridgehead atoms. The summed E-state index contributed by atoms with van der Waals surface area (Å²) in [6.45, 7) is 1.89. The first kappa shape index (κ1) is 19.5. The topological polar surface area (TPSA) is 55.4 Å². The molecular formula is C18H17BrFNO3S. The number of esters is 1. The van der Waals surface area contributed by atoms with Crippen molar-refractivity contribution in [3.05, 3.63) is 64.4 Å². The van der Waals surface area contributed by atoms with Gasteiger partial charge in [-0.2, -0.15) is 0 Å². The van der Waals surface area contributed by atoms with Crippen LogP contribution in [0.4, 0.5) is 10.1 Å². The molecule has 0 saturated carbocycles. The van der Waals surface area contributed by atoms with Gasteiger partial charge in [0.15, 0.2) is 0 Å². The molecule has 1 unspecified atom stereocenters. The predicted octanol–water partition coefficient (Wildman–Crippen LogP) is 4.39. The number of carbonyl (C=O) groups excluding carboxylic acids is 2. The molecule has 4 nitrogen and oxygen atoms in total. The molecule has 2 aromatic carbocycles. The SMILES string of the molecule is CC(SCC(=O)Nc1ccc(F)cc1)C(=O)OCc1ccc(Br)cc1. The van der Waals surface area contributed by atoms with Gasteiger partial charge in [0.1, 0.15) is 17.7 Å². The van der Waals surface area contributed by atoms with E-state index in [4.69, 9.17) is 4.74 Å². The third-order valence-electron chi connectivity index (χ3n) is 3.22. The monoisotopic (exact) mass is 425 g/mol. The molecule has 0 aromatic heterocycles. The molecule has 1 amide bonds. The van der Waals surface area contributed by atoms with Crippen LogP contribution in [0, 0.1) is 5.82 Å². The van der Waals surface area contributed by atoms with Crippen LogP contribution in [-0.4, -0.2) is 22.9 Å². The predicted molar refractivity (Wildman–Crippen MR) is 101 cm³/mol. The van der Waals surface area contributed by atoms with Gasteiger partial charge in [0.05, 0.1) is 5.75 Å². The molecule has 132 valence electrons. The van der Waals surface area contributed by atoms with Gasteiger partial charge in [-0.25, -0.2) is 4.39 Å². The molecule has 0 spiro atoms. The van der Waals surface area contributed by atoms with E-state index in [0.29, 0.717) is 5.69 Å². The normalized spacial score (nSPS) is 11.6. The van der Waals surface area contributed by atoms with Crippen LogP contribution in [0.25, 0.3) is 0 Å². The lowest BCUT2D eigenvalue weighted by molar-refractivity contribution is -0.143. The van der Waals surface area contributed by atoms with Gasteiger partial charge in [-0.1, -0.05) is 28.1 Å². The highest BCUT2D eigenvalue weighted by atomic mass is 79.9. The van der Waals surface area contributed by atoms with E-state index in [0.717, 1.165) is 10.0 Å². The molecule has 1 N–H and O–H groups in total. The number of hydrogen-bond donors (Lipinski definition) is 1. The van der Waals surface area contributed by atoms with Crippen LogP contribution in [0.15, 0.2) is 53.0 Å². The second-order valence-electron chi connectivity index (χ2n) is 5.24. The maximum absolute atomic E-state index is 12.8. The van der Waals surface area contributed by atoms with E-state index in [2.05, 4.69) is 21.2 Å². The van der Waals surface area contributed by atoms with Crippen molar-refractivity contribution < 1.29 is 18.7 Å². The number of thioether (sulfide) groups is 1. The summed E-state index contributed by atoms with van der Waals surface area (Å²) in [5.41, 5.74) is 1.40. The van der Waals surface area contributed by atoms with E-state index in [1.807, 2.05) is 24.3 Å². The number of rotatable bonds is 7. The maximum Gasteiger partial charge on any atom is 0.319 e. The largest absolute Gasteiger partial charge is 0.460 e. The average Bonchev–Trinajstić information content (AvgIpc) is 2.61. The minimum atomic E-state index is -0.464. The van der Waals surface area contributed by atoms with Crippen LogP contribution in [0.1, 0.15) is 12.5 Å². The van der Waals surface area contributed by atoms with E-state index in [9.17, 15) is 14.0 Å². The summed E-state index contributed by atoms with van der Waals surface area (Å²) < 4.78 is 19.0. The second kappa shape index (κ2) is 9.58. The van der Waals surface area contributed by atoms with Crippen LogP contribution in [0.3, 0.4) is 0 Å². The van der Waals surface area contributed by atoms with Crippen molar-refractivity contribution in [3.8, 4) is 0 Å².